The van der Waals surface area contributed by atoms with Gasteiger partial charge in [-0.15, -0.1) is 0 Å². The van der Waals surface area contributed by atoms with Crippen LogP contribution in [0.3, 0.4) is 0 Å². The zero-order valence-electron chi connectivity index (χ0n) is 17.3. The fourth-order valence-corrected chi connectivity index (χ4v) is 4.57. The van der Waals surface area contributed by atoms with Gasteiger partial charge in [0.25, 0.3) is 0 Å². The van der Waals surface area contributed by atoms with Crippen molar-refractivity contribution >= 4 is 16.9 Å². The van der Waals surface area contributed by atoms with Crippen molar-refractivity contribution in [2.75, 3.05) is 37.8 Å². The highest BCUT2D eigenvalue weighted by Crippen LogP contribution is 2.33. The Balaban J connectivity index is 1.38. The summed E-state index contributed by atoms with van der Waals surface area (Å²) >= 11 is 0. The third-order valence-corrected chi connectivity index (χ3v) is 6.18. The Hall–Kier alpha value is -3.22. The summed E-state index contributed by atoms with van der Waals surface area (Å²) < 4.78 is 13.7. The van der Waals surface area contributed by atoms with Crippen LogP contribution in [0.1, 0.15) is 17.4 Å². The van der Waals surface area contributed by atoms with Crippen LogP contribution in [0.5, 0.6) is 0 Å². The van der Waals surface area contributed by atoms with Crippen molar-refractivity contribution < 1.29 is 9.47 Å². The monoisotopic (exact) mass is 412 g/mol. The van der Waals surface area contributed by atoms with Crippen molar-refractivity contribution in [2.24, 2.45) is 0 Å². The second-order valence-electron chi connectivity index (χ2n) is 8.05. The van der Waals surface area contributed by atoms with E-state index in [1.54, 1.807) is 0 Å². The highest BCUT2D eigenvalue weighted by molar-refractivity contribution is 5.83. The molecule has 1 saturated heterocycles. The summed E-state index contributed by atoms with van der Waals surface area (Å²) in [5.41, 5.74) is 5.64. The van der Waals surface area contributed by atoms with Gasteiger partial charge < -0.3 is 18.9 Å². The lowest BCUT2D eigenvalue weighted by atomic mass is 10.0. The first-order valence-corrected chi connectivity index (χ1v) is 10.8. The number of anilines is 1. The van der Waals surface area contributed by atoms with Crippen molar-refractivity contribution in [3.63, 3.8) is 0 Å². The lowest BCUT2D eigenvalue weighted by molar-refractivity contribution is 0.0679. The molecule has 0 bridgehead atoms. The molecule has 0 aliphatic carbocycles. The van der Waals surface area contributed by atoms with Gasteiger partial charge in [0.1, 0.15) is 18.2 Å². The standard InChI is InChI=1S/C25H24N4O2/c1-2-4-18(5-3-1)23-16-31-17-25-27-21-8-6-19(14-22(21)29(23)25)20-7-9-24(26-15-20)28-10-12-30-13-11-28/h1-9,14-15,23H,10-13,16-17H2. The minimum atomic E-state index is 0.132. The minimum Gasteiger partial charge on any atom is -0.378 e. The molecule has 0 amide bonds. The molecule has 156 valence electrons. The fourth-order valence-electron chi connectivity index (χ4n) is 4.57. The quantitative estimate of drug-likeness (QED) is 0.508. The third-order valence-electron chi connectivity index (χ3n) is 6.18. The molecule has 4 heterocycles. The number of aromatic nitrogens is 3. The normalized spacial score (nSPS) is 18.8. The predicted molar refractivity (Wildman–Crippen MR) is 120 cm³/mol. The highest BCUT2D eigenvalue weighted by Gasteiger charge is 2.25. The largest absolute Gasteiger partial charge is 0.378 e. The Morgan fingerprint density at radius 3 is 2.52 bits per heavy atom. The summed E-state index contributed by atoms with van der Waals surface area (Å²) in [6.45, 7) is 4.51. The Kier molecular flexibility index (Phi) is 4.66. The molecule has 0 radical (unpaired) electrons. The number of fused-ring (bicyclic) bond motifs is 3. The molecule has 6 rings (SSSR count). The summed E-state index contributed by atoms with van der Waals surface area (Å²) in [4.78, 5) is 11.8. The van der Waals surface area contributed by atoms with Crippen LogP contribution >= 0.6 is 0 Å². The smallest absolute Gasteiger partial charge is 0.136 e. The molecule has 6 heteroatoms. The Bertz CT molecular complexity index is 1200. The second-order valence-corrected chi connectivity index (χ2v) is 8.05. The lowest BCUT2D eigenvalue weighted by Crippen LogP contribution is -2.36. The van der Waals surface area contributed by atoms with Gasteiger partial charge >= 0.3 is 0 Å². The molecule has 0 spiro atoms. The van der Waals surface area contributed by atoms with Gasteiger partial charge in [-0.05, 0) is 35.4 Å². The average Bonchev–Trinajstić information content (AvgIpc) is 3.23. The zero-order chi connectivity index (χ0) is 20.6. The van der Waals surface area contributed by atoms with Crippen molar-refractivity contribution in [1.29, 1.82) is 0 Å². The van der Waals surface area contributed by atoms with Gasteiger partial charge in [-0.2, -0.15) is 0 Å². The van der Waals surface area contributed by atoms with Gasteiger partial charge in [0.2, 0.25) is 0 Å². The van der Waals surface area contributed by atoms with E-state index in [0.29, 0.717) is 13.2 Å². The lowest BCUT2D eigenvalue weighted by Gasteiger charge is -2.27. The molecule has 0 N–H and O–H groups in total. The summed E-state index contributed by atoms with van der Waals surface area (Å²) in [5, 5.41) is 0. The molecule has 4 aromatic rings. The van der Waals surface area contributed by atoms with Crippen molar-refractivity contribution in [3.8, 4) is 11.1 Å². The number of rotatable bonds is 3. The van der Waals surface area contributed by atoms with Crippen LogP contribution in [-0.2, 0) is 16.1 Å². The van der Waals surface area contributed by atoms with Gasteiger partial charge in [-0.3, -0.25) is 0 Å². The number of pyridine rings is 1. The topological polar surface area (TPSA) is 52.4 Å². The van der Waals surface area contributed by atoms with Crippen LogP contribution in [0.25, 0.3) is 22.2 Å². The summed E-state index contributed by atoms with van der Waals surface area (Å²) in [5.74, 6) is 1.99. The van der Waals surface area contributed by atoms with Crippen LogP contribution < -0.4 is 4.90 Å². The van der Waals surface area contributed by atoms with Crippen molar-refractivity contribution in [1.82, 2.24) is 14.5 Å². The first-order valence-electron chi connectivity index (χ1n) is 10.8. The van der Waals surface area contributed by atoms with Gasteiger partial charge in [0, 0.05) is 24.8 Å². The predicted octanol–water partition coefficient (Wildman–Crippen LogP) is 4.05. The number of hydrogen-bond acceptors (Lipinski definition) is 5. The molecule has 1 atom stereocenters. The number of imidazole rings is 1. The molecule has 0 saturated carbocycles. The van der Waals surface area contributed by atoms with E-state index in [1.165, 1.54) is 5.56 Å². The summed E-state index contributed by atoms with van der Waals surface area (Å²) in [6, 6.07) is 21.4. The number of benzene rings is 2. The SMILES string of the molecule is c1ccc(C2COCc3nc4ccc(-c5ccc(N6CCOCC6)nc5)cc4n32)cc1. The van der Waals surface area contributed by atoms with E-state index >= 15 is 0 Å². The van der Waals surface area contributed by atoms with E-state index in [-0.39, 0.29) is 6.04 Å². The molecule has 2 aliphatic heterocycles. The summed E-state index contributed by atoms with van der Waals surface area (Å²) in [6.07, 6.45) is 1.97. The van der Waals surface area contributed by atoms with Crippen LogP contribution in [-0.4, -0.2) is 47.4 Å². The van der Waals surface area contributed by atoms with Crippen LogP contribution in [0.4, 0.5) is 5.82 Å². The highest BCUT2D eigenvalue weighted by atomic mass is 16.5. The molecule has 1 fully saturated rings. The van der Waals surface area contributed by atoms with E-state index < -0.39 is 0 Å². The first kappa shape index (κ1) is 18.5. The van der Waals surface area contributed by atoms with Crippen LogP contribution in [0.2, 0.25) is 0 Å². The maximum Gasteiger partial charge on any atom is 0.136 e. The molecular weight excluding hydrogens is 388 g/mol. The Morgan fingerprint density at radius 1 is 0.871 bits per heavy atom. The number of nitrogens with zero attached hydrogens (tertiary/aromatic N) is 4. The molecule has 2 aromatic carbocycles. The van der Waals surface area contributed by atoms with E-state index in [4.69, 9.17) is 19.4 Å². The molecule has 1 unspecified atom stereocenters. The number of morpholine rings is 1. The first-order chi connectivity index (χ1) is 15.4. The Morgan fingerprint density at radius 2 is 1.71 bits per heavy atom. The van der Waals surface area contributed by atoms with E-state index in [2.05, 4.69) is 64.1 Å². The molecule has 31 heavy (non-hydrogen) atoms. The Labute approximate surface area is 181 Å². The second kappa shape index (κ2) is 7.80. The van der Waals surface area contributed by atoms with Gasteiger partial charge in [-0.25, -0.2) is 9.97 Å². The number of hydrogen-bond donors (Lipinski definition) is 0. The molecule has 2 aliphatic rings. The average molecular weight is 412 g/mol. The molecule has 2 aromatic heterocycles. The van der Waals surface area contributed by atoms with Crippen LogP contribution in [0.15, 0.2) is 66.9 Å². The van der Waals surface area contributed by atoms with E-state index in [0.717, 1.165) is 60.1 Å². The van der Waals surface area contributed by atoms with Gasteiger partial charge in [-0.1, -0.05) is 36.4 Å². The summed E-state index contributed by atoms with van der Waals surface area (Å²) in [7, 11) is 0. The third kappa shape index (κ3) is 3.38. The van der Waals surface area contributed by atoms with E-state index in [9.17, 15) is 0 Å². The molecular formula is C25H24N4O2. The van der Waals surface area contributed by atoms with Crippen molar-refractivity contribution in [3.05, 3.63) is 78.2 Å². The van der Waals surface area contributed by atoms with Gasteiger partial charge in [0.05, 0.1) is 36.9 Å². The molecule has 6 nitrogen and oxygen atoms in total. The maximum atomic E-state index is 5.87. The zero-order valence-corrected chi connectivity index (χ0v) is 17.3. The van der Waals surface area contributed by atoms with Gasteiger partial charge in [0.15, 0.2) is 0 Å². The fraction of sp³-hybridized carbons (Fsp3) is 0.280. The van der Waals surface area contributed by atoms with Crippen LogP contribution in [0, 0.1) is 0 Å². The number of ether oxygens (including phenoxy) is 2. The minimum absolute atomic E-state index is 0.132. The van der Waals surface area contributed by atoms with Crippen molar-refractivity contribution in [2.45, 2.75) is 12.6 Å². The van der Waals surface area contributed by atoms with E-state index in [1.807, 2.05) is 12.3 Å². The maximum absolute atomic E-state index is 5.87.